The average molecular weight is 293 g/mol. The van der Waals surface area contributed by atoms with Crippen molar-refractivity contribution in [2.45, 2.75) is 13.3 Å². The number of nitrogens with zero attached hydrogens (tertiary/aromatic N) is 1. The Morgan fingerprint density at radius 2 is 2.11 bits per heavy atom. The summed E-state index contributed by atoms with van der Waals surface area (Å²) in [6.45, 7) is 1.79. The highest BCUT2D eigenvalue weighted by atomic mass is 35.5. The lowest BCUT2D eigenvalue weighted by atomic mass is 10.1. The molecule has 0 aliphatic rings. The predicted octanol–water partition coefficient (Wildman–Crippen LogP) is 2.14. The van der Waals surface area contributed by atoms with Gasteiger partial charge in [-0.15, -0.1) is 11.6 Å². The molecule has 0 atom stereocenters. The van der Waals surface area contributed by atoms with Gasteiger partial charge in [-0.1, -0.05) is 13.0 Å². The Morgan fingerprint density at radius 1 is 1.44 bits per heavy atom. The number of rotatable bonds is 6. The molecule has 0 saturated carbocycles. The predicted molar refractivity (Wildman–Crippen MR) is 70.6 cm³/mol. The van der Waals surface area contributed by atoms with Gasteiger partial charge in [-0.2, -0.15) is 0 Å². The summed E-state index contributed by atoms with van der Waals surface area (Å²) in [4.78, 5) is 10.3. The maximum atomic E-state index is 11.5. The van der Waals surface area contributed by atoms with E-state index in [2.05, 4.69) is 4.72 Å². The van der Waals surface area contributed by atoms with Gasteiger partial charge >= 0.3 is 0 Å². The summed E-state index contributed by atoms with van der Waals surface area (Å²) in [5, 5.41) is 10.8. The molecule has 1 aromatic carbocycles. The smallest absolute Gasteiger partial charge is 0.274 e. The molecule has 0 aliphatic carbocycles. The second-order valence-corrected chi connectivity index (χ2v) is 5.78. The number of alkyl halides is 1. The van der Waals surface area contributed by atoms with Crippen molar-refractivity contribution >= 4 is 33.0 Å². The zero-order valence-electron chi connectivity index (χ0n) is 9.72. The molecule has 6 nitrogen and oxygen atoms in total. The van der Waals surface area contributed by atoms with E-state index in [1.54, 1.807) is 6.92 Å². The van der Waals surface area contributed by atoms with Crippen LogP contribution in [-0.4, -0.2) is 25.0 Å². The topological polar surface area (TPSA) is 89.3 Å². The van der Waals surface area contributed by atoms with Crippen LogP contribution in [-0.2, 0) is 16.4 Å². The number of aryl methyl sites for hydroxylation is 1. The lowest BCUT2D eigenvalue weighted by Gasteiger charge is -2.07. The number of nitrogens with one attached hydrogen (secondary N) is 1. The maximum Gasteiger partial charge on any atom is 0.274 e. The average Bonchev–Trinajstić information content (AvgIpc) is 2.28. The van der Waals surface area contributed by atoms with Crippen molar-refractivity contribution in [1.29, 1.82) is 0 Å². The van der Waals surface area contributed by atoms with Crippen molar-refractivity contribution in [3.05, 3.63) is 33.9 Å². The Balaban J connectivity index is 3.06. The van der Waals surface area contributed by atoms with Gasteiger partial charge in [0.25, 0.3) is 5.69 Å². The molecule has 0 heterocycles. The number of sulfonamides is 1. The van der Waals surface area contributed by atoms with Gasteiger partial charge in [0.1, 0.15) is 0 Å². The SMILES string of the molecule is CCc1ccc(NS(=O)(=O)CCCl)cc1[N+](=O)[O-]. The molecule has 18 heavy (non-hydrogen) atoms. The third kappa shape index (κ3) is 3.85. The molecule has 0 fully saturated rings. The minimum Gasteiger partial charge on any atom is -0.283 e. The summed E-state index contributed by atoms with van der Waals surface area (Å²) in [5.41, 5.74) is 0.632. The third-order valence-corrected chi connectivity index (χ3v) is 3.98. The van der Waals surface area contributed by atoms with Gasteiger partial charge in [-0.25, -0.2) is 8.42 Å². The highest BCUT2D eigenvalue weighted by Crippen LogP contribution is 2.24. The Labute approximate surface area is 110 Å². The molecule has 0 spiro atoms. The highest BCUT2D eigenvalue weighted by Gasteiger charge is 2.16. The van der Waals surface area contributed by atoms with E-state index in [4.69, 9.17) is 11.6 Å². The minimum atomic E-state index is -3.55. The number of benzene rings is 1. The first-order chi connectivity index (χ1) is 8.39. The molecular formula is C10H13ClN2O4S. The summed E-state index contributed by atoms with van der Waals surface area (Å²) in [6, 6.07) is 4.25. The summed E-state index contributed by atoms with van der Waals surface area (Å²) < 4.78 is 25.2. The van der Waals surface area contributed by atoms with E-state index in [0.29, 0.717) is 12.0 Å². The quantitative estimate of drug-likeness (QED) is 0.494. The summed E-state index contributed by atoms with van der Waals surface area (Å²) in [7, 11) is -3.55. The van der Waals surface area contributed by atoms with E-state index in [1.165, 1.54) is 18.2 Å². The molecule has 0 saturated heterocycles. The van der Waals surface area contributed by atoms with E-state index < -0.39 is 14.9 Å². The summed E-state index contributed by atoms with van der Waals surface area (Å²) in [6.07, 6.45) is 0.505. The number of hydrogen-bond acceptors (Lipinski definition) is 4. The fraction of sp³-hybridized carbons (Fsp3) is 0.400. The molecule has 0 amide bonds. The Bertz CT molecular complexity index is 545. The van der Waals surface area contributed by atoms with Gasteiger partial charge in [0.15, 0.2) is 0 Å². The molecule has 0 unspecified atom stereocenters. The monoisotopic (exact) mass is 292 g/mol. The van der Waals surface area contributed by atoms with Crippen LogP contribution in [0.5, 0.6) is 0 Å². The number of nitro groups is 1. The fourth-order valence-corrected chi connectivity index (χ4v) is 2.83. The molecule has 1 aromatic rings. The number of halogens is 1. The molecule has 100 valence electrons. The Kier molecular flexibility index (Phi) is 4.92. The van der Waals surface area contributed by atoms with Crippen LogP contribution >= 0.6 is 11.6 Å². The van der Waals surface area contributed by atoms with Gasteiger partial charge in [0.2, 0.25) is 10.0 Å². The van der Waals surface area contributed by atoms with Crippen molar-refractivity contribution in [3.8, 4) is 0 Å². The largest absolute Gasteiger partial charge is 0.283 e. The zero-order valence-corrected chi connectivity index (χ0v) is 11.3. The van der Waals surface area contributed by atoms with Gasteiger partial charge in [0.05, 0.1) is 16.4 Å². The van der Waals surface area contributed by atoms with Crippen LogP contribution in [0.15, 0.2) is 18.2 Å². The number of hydrogen-bond donors (Lipinski definition) is 1. The fourth-order valence-electron chi connectivity index (χ4n) is 1.43. The van der Waals surface area contributed by atoms with Crippen LogP contribution < -0.4 is 4.72 Å². The standard InChI is InChI=1S/C10H13ClN2O4S/c1-2-8-3-4-9(7-10(8)13(14)15)12-18(16,17)6-5-11/h3-4,7,12H,2,5-6H2,1H3. The first-order valence-electron chi connectivity index (χ1n) is 5.23. The van der Waals surface area contributed by atoms with E-state index in [1.807, 2.05) is 0 Å². The molecule has 0 bridgehead atoms. The zero-order chi connectivity index (χ0) is 13.8. The van der Waals surface area contributed by atoms with E-state index in [-0.39, 0.29) is 23.0 Å². The van der Waals surface area contributed by atoms with E-state index >= 15 is 0 Å². The van der Waals surface area contributed by atoms with E-state index in [9.17, 15) is 18.5 Å². The second-order valence-electron chi connectivity index (χ2n) is 3.56. The lowest BCUT2D eigenvalue weighted by molar-refractivity contribution is -0.385. The molecular weight excluding hydrogens is 280 g/mol. The lowest BCUT2D eigenvalue weighted by Crippen LogP contribution is -2.17. The van der Waals surface area contributed by atoms with Crippen LogP contribution in [0.4, 0.5) is 11.4 Å². The van der Waals surface area contributed by atoms with Gasteiger partial charge in [-0.05, 0) is 12.5 Å². The molecule has 0 aromatic heterocycles. The Morgan fingerprint density at radius 3 is 2.61 bits per heavy atom. The Hall–Kier alpha value is -1.34. The normalized spacial score (nSPS) is 11.2. The van der Waals surface area contributed by atoms with Crippen LogP contribution in [0.2, 0.25) is 0 Å². The molecule has 1 N–H and O–H groups in total. The number of anilines is 1. The van der Waals surface area contributed by atoms with Crippen molar-refractivity contribution in [2.24, 2.45) is 0 Å². The van der Waals surface area contributed by atoms with E-state index in [0.717, 1.165) is 0 Å². The summed E-state index contributed by atoms with van der Waals surface area (Å²) in [5.74, 6) is -0.275. The minimum absolute atomic E-state index is 0.0372. The summed E-state index contributed by atoms with van der Waals surface area (Å²) >= 11 is 5.35. The maximum absolute atomic E-state index is 11.5. The van der Waals surface area contributed by atoms with Gasteiger partial charge < -0.3 is 0 Å². The first kappa shape index (κ1) is 14.7. The van der Waals surface area contributed by atoms with Crippen molar-refractivity contribution in [3.63, 3.8) is 0 Å². The molecule has 0 radical (unpaired) electrons. The van der Waals surface area contributed by atoms with Crippen LogP contribution in [0.3, 0.4) is 0 Å². The first-order valence-corrected chi connectivity index (χ1v) is 7.42. The van der Waals surface area contributed by atoms with Crippen LogP contribution in [0.1, 0.15) is 12.5 Å². The molecule has 8 heteroatoms. The van der Waals surface area contributed by atoms with Gasteiger partial charge in [0, 0.05) is 17.5 Å². The van der Waals surface area contributed by atoms with Crippen LogP contribution in [0.25, 0.3) is 0 Å². The molecule has 0 aliphatic heterocycles. The number of nitro benzene ring substituents is 1. The third-order valence-electron chi connectivity index (χ3n) is 2.28. The van der Waals surface area contributed by atoms with Crippen molar-refractivity contribution in [2.75, 3.05) is 16.4 Å². The van der Waals surface area contributed by atoms with Gasteiger partial charge in [-0.3, -0.25) is 14.8 Å². The molecule has 1 rings (SSSR count). The second kappa shape index (κ2) is 6.01. The highest BCUT2D eigenvalue weighted by molar-refractivity contribution is 7.92. The van der Waals surface area contributed by atoms with Crippen molar-refractivity contribution in [1.82, 2.24) is 0 Å². The van der Waals surface area contributed by atoms with Crippen molar-refractivity contribution < 1.29 is 13.3 Å². The van der Waals surface area contributed by atoms with Crippen LogP contribution in [0, 0.1) is 10.1 Å².